The molecule has 1 aromatic heterocycles. The van der Waals surface area contributed by atoms with Crippen LogP contribution in [-0.4, -0.2) is 31.2 Å². The van der Waals surface area contributed by atoms with Crippen molar-refractivity contribution in [3.63, 3.8) is 0 Å². The van der Waals surface area contributed by atoms with E-state index in [2.05, 4.69) is 5.32 Å². The van der Waals surface area contributed by atoms with Crippen LogP contribution >= 0.6 is 0 Å². The number of nitriles is 1. The van der Waals surface area contributed by atoms with Gasteiger partial charge in [0.15, 0.2) is 11.5 Å². The fourth-order valence-electron chi connectivity index (χ4n) is 2.80. The van der Waals surface area contributed by atoms with Gasteiger partial charge in [0.2, 0.25) is 5.76 Å². The van der Waals surface area contributed by atoms with E-state index in [9.17, 15) is 14.9 Å². The Morgan fingerprint density at radius 3 is 2.42 bits per heavy atom. The molecule has 0 aliphatic carbocycles. The normalized spacial score (nSPS) is 10.8. The van der Waals surface area contributed by atoms with Gasteiger partial charge in [-0.25, -0.2) is 4.79 Å². The lowest BCUT2D eigenvalue weighted by Gasteiger charge is -2.11. The highest BCUT2D eigenvalue weighted by atomic mass is 16.5. The van der Waals surface area contributed by atoms with E-state index in [1.807, 2.05) is 6.07 Å². The maximum absolute atomic E-state index is 12.5. The molecule has 1 amide bonds. The van der Waals surface area contributed by atoms with E-state index >= 15 is 0 Å². The molecule has 9 heteroatoms. The Morgan fingerprint density at radius 1 is 1.06 bits per heavy atom. The number of hydrogen-bond acceptors (Lipinski definition) is 7. The summed E-state index contributed by atoms with van der Waals surface area (Å²) in [6.45, 7) is -0.00740. The molecule has 168 valence electrons. The summed E-state index contributed by atoms with van der Waals surface area (Å²) in [6.07, 6.45) is 1.43. The van der Waals surface area contributed by atoms with Crippen molar-refractivity contribution in [3.05, 3.63) is 77.3 Å². The number of ether oxygens (including phenoxy) is 3. The van der Waals surface area contributed by atoms with Crippen LogP contribution in [0.3, 0.4) is 0 Å². The Hall–Kier alpha value is -4.71. The van der Waals surface area contributed by atoms with Gasteiger partial charge in [-0.1, -0.05) is 6.07 Å². The van der Waals surface area contributed by atoms with Gasteiger partial charge in [-0.2, -0.15) is 5.26 Å². The molecule has 33 heavy (non-hydrogen) atoms. The summed E-state index contributed by atoms with van der Waals surface area (Å²) in [4.78, 5) is 23.4. The average molecular weight is 448 g/mol. The van der Waals surface area contributed by atoms with Crippen molar-refractivity contribution in [2.45, 2.75) is 6.61 Å². The minimum atomic E-state index is -1.17. The van der Waals surface area contributed by atoms with Crippen LogP contribution in [0.4, 0.5) is 5.69 Å². The second-order valence-corrected chi connectivity index (χ2v) is 6.62. The quantitative estimate of drug-likeness (QED) is 0.369. The van der Waals surface area contributed by atoms with Gasteiger partial charge < -0.3 is 29.1 Å². The monoisotopic (exact) mass is 448 g/mol. The van der Waals surface area contributed by atoms with Crippen molar-refractivity contribution in [2.75, 3.05) is 19.5 Å². The smallest absolute Gasteiger partial charge is 0.371 e. The second kappa shape index (κ2) is 10.5. The number of carbonyl (C=O) groups excluding carboxylic acids is 1. The zero-order valence-electron chi connectivity index (χ0n) is 17.8. The van der Waals surface area contributed by atoms with Crippen LogP contribution < -0.4 is 19.5 Å². The third kappa shape index (κ3) is 5.92. The number of amides is 1. The number of carboxylic acids is 1. The average Bonchev–Trinajstić information content (AvgIpc) is 3.31. The highest BCUT2D eigenvalue weighted by Gasteiger charge is 2.13. The van der Waals surface area contributed by atoms with Crippen LogP contribution in [-0.2, 0) is 11.4 Å². The van der Waals surface area contributed by atoms with E-state index in [-0.39, 0.29) is 17.9 Å². The first kappa shape index (κ1) is 23.0. The standard InChI is InChI=1S/C24H20N2O7/c1-30-18-6-4-17(5-7-18)26-23(27)16(13-25)11-15-3-9-20(22(12-15)31-2)32-14-19-8-10-21(33-19)24(28)29/h3-12H,14H2,1-2H3,(H,26,27)(H,28,29)/b16-11-. The van der Waals surface area contributed by atoms with Crippen molar-refractivity contribution in [1.29, 1.82) is 5.26 Å². The molecule has 0 fully saturated rings. The van der Waals surface area contributed by atoms with Gasteiger partial charge in [0.05, 0.1) is 14.2 Å². The van der Waals surface area contributed by atoms with E-state index in [0.717, 1.165) is 0 Å². The molecular formula is C24H20N2O7. The molecule has 0 aliphatic heterocycles. The lowest BCUT2D eigenvalue weighted by Crippen LogP contribution is -2.13. The first-order valence-electron chi connectivity index (χ1n) is 9.63. The van der Waals surface area contributed by atoms with Gasteiger partial charge in [0.1, 0.15) is 29.8 Å². The number of methoxy groups -OCH3 is 2. The minimum Gasteiger partial charge on any atom is -0.497 e. The molecule has 0 saturated carbocycles. The molecule has 0 aliphatic rings. The summed E-state index contributed by atoms with van der Waals surface area (Å²) in [5.41, 5.74) is 0.970. The lowest BCUT2D eigenvalue weighted by atomic mass is 10.1. The molecule has 0 bridgehead atoms. The fraction of sp³-hybridized carbons (Fsp3) is 0.125. The third-order valence-corrected chi connectivity index (χ3v) is 4.45. The van der Waals surface area contributed by atoms with Crippen LogP contribution in [0.1, 0.15) is 21.9 Å². The fourth-order valence-corrected chi connectivity index (χ4v) is 2.80. The van der Waals surface area contributed by atoms with Crippen molar-refractivity contribution >= 4 is 23.6 Å². The number of carbonyl (C=O) groups is 2. The molecule has 9 nitrogen and oxygen atoms in total. The molecular weight excluding hydrogens is 428 g/mol. The largest absolute Gasteiger partial charge is 0.497 e. The number of rotatable bonds is 9. The predicted molar refractivity (Wildman–Crippen MR) is 118 cm³/mol. The van der Waals surface area contributed by atoms with E-state index < -0.39 is 11.9 Å². The minimum absolute atomic E-state index is 0.00740. The predicted octanol–water partition coefficient (Wildman–Crippen LogP) is 4.12. The SMILES string of the molecule is COc1ccc(NC(=O)/C(C#N)=C\c2ccc(OCc3ccc(C(=O)O)o3)c(OC)c2)cc1. The Bertz CT molecular complexity index is 1220. The van der Waals surface area contributed by atoms with Gasteiger partial charge >= 0.3 is 5.97 Å². The summed E-state index contributed by atoms with van der Waals surface area (Å²) >= 11 is 0. The number of anilines is 1. The summed E-state index contributed by atoms with van der Waals surface area (Å²) in [5, 5.41) is 21.0. The van der Waals surface area contributed by atoms with Crippen molar-refractivity contribution in [1.82, 2.24) is 0 Å². The van der Waals surface area contributed by atoms with E-state index in [4.69, 9.17) is 23.7 Å². The highest BCUT2D eigenvalue weighted by Crippen LogP contribution is 2.30. The molecule has 2 aromatic carbocycles. The first-order chi connectivity index (χ1) is 15.9. The molecule has 2 N–H and O–H groups in total. The number of nitrogens with one attached hydrogen (secondary N) is 1. The van der Waals surface area contributed by atoms with Crippen LogP contribution in [0.2, 0.25) is 0 Å². The number of nitrogens with zero attached hydrogens (tertiary/aromatic N) is 1. The number of benzene rings is 2. The van der Waals surface area contributed by atoms with Crippen molar-refractivity contribution < 1.29 is 33.3 Å². The number of carboxylic acid groups (broad SMARTS) is 1. The lowest BCUT2D eigenvalue weighted by molar-refractivity contribution is -0.112. The van der Waals surface area contributed by atoms with Gasteiger partial charge in [-0.15, -0.1) is 0 Å². The maximum atomic E-state index is 12.5. The third-order valence-electron chi connectivity index (χ3n) is 4.45. The Kier molecular flexibility index (Phi) is 7.34. The zero-order chi connectivity index (χ0) is 23.8. The van der Waals surface area contributed by atoms with E-state index in [1.165, 1.54) is 25.3 Å². The molecule has 0 unspecified atom stereocenters. The topological polar surface area (TPSA) is 131 Å². The molecule has 0 radical (unpaired) electrons. The van der Waals surface area contributed by atoms with Crippen molar-refractivity contribution in [2.24, 2.45) is 0 Å². The highest BCUT2D eigenvalue weighted by molar-refractivity contribution is 6.09. The molecule has 3 aromatic rings. The Balaban J connectivity index is 1.72. The molecule has 0 spiro atoms. The summed E-state index contributed by atoms with van der Waals surface area (Å²) in [5.74, 6) is -0.190. The van der Waals surface area contributed by atoms with Crippen LogP contribution in [0, 0.1) is 11.3 Å². The van der Waals surface area contributed by atoms with Gasteiger partial charge in [0, 0.05) is 5.69 Å². The van der Waals surface area contributed by atoms with Crippen LogP contribution in [0.25, 0.3) is 6.08 Å². The Morgan fingerprint density at radius 2 is 1.82 bits per heavy atom. The number of hydrogen-bond donors (Lipinski definition) is 2. The van der Waals surface area contributed by atoms with Crippen molar-refractivity contribution in [3.8, 4) is 23.3 Å². The summed E-state index contributed by atoms with van der Waals surface area (Å²) in [7, 11) is 2.99. The number of furan rings is 1. The molecule has 0 saturated heterocycles. The first-order valence-corrected chi connectivity index (χ1v) is 9.63. The maximum Gasteiger partial charge on any atom is 0.371 e. The van der Waals surface area contributed by atoms with Crippen LogP contribution in [0.5, 0.6) is 17.2 Å². The van der Waals surface area contributed by atoms with E-state index in [1.54, 1.807) is 49.6 Å². The summed E-state index contributed by atoms with van der Waals surface area (Å²) in [6, 6.07) is 16.3. The molecule has 1 heterocycles. The zero-order valence-corrected chi connectivity index (χ0v) is 17.8. The van der Waals surface area contributed by atoms with Gasteiger partial charge in [-0.3, -0.25) is 4.79 Å². The van der Waals surface area contributed by atoms with E-state index in [0.29, 0.717) is 34.3 Å². The second-order valence-electron chi connectivity index (χ2n) is 6.62. The van der Waals surface area contributed by atoms with Gasteiger partial charge in [-0.05, 0) is 60.2 Å². The Labute approximate surface area is 189 Å². The summed E-state index contributed by atoms with van der Waals surface area (Å²) < 4.78 is 21.2. The number of aromatic carboxylic acids is 1. The van der Waals surface area contributed by atoms with Gasteiger partial charge in [0.25, 0.3) is 5.91 Å². The molecule has 3 rings (SSSR count). The van der Waals surface area contributed by atoms with Crippen LogP contribution in [0.15, 0.2) is 64.6 Å². The molecule has 0 atom stereocenters.